The monoisotopic (exact) mass is 313 g/mol. The molecular formula is C16H19N5O2. The van der Waals surface area contributed by atoms with Crippen LogP contribution in [-0.2, 0) is 4.74 Å². The van der Waals surface area contributed by atoms with E-state index in [0.29, 0.717) is 18.3 Å². The molecule has 0 fully saturated rings. The Balaban J connectivity index is 1.92. The second-order valence-corrected chi connectivity index (χ2v) is 5.14. The van der Waals surface area contributed by atoms with Crippen molar-refractivity contribution in [3.8, 4) is 0 Å². The van der Waals surface area contributed by atoms with E-state index in [1.165, 1.54) is 5.01 Å². The number of anilines is 1. The van der Waals surface area contributed by atoms with E-state index in [9.17, 15) is 4.79 Å². The highest BCUT2D eigenvalue weighted by molar-refractivity contribution is 6.05. The zero-order chi connectivity index (χ0) is 16.4. The first-order valence-electron chi connectivity index (χ1n) is 7.46. The predicted octanol–water partition coefficient (Wildman–Crippen LogP) is 2.44. The van der Waals surface area contributed by atoms with Gasteiger partial charge in [-0.15, -0.1) is 0 Å². The number of benzene rings is 1. The first kappa shape index (κ1) is 15.1. The number of para-hydroxylation sites is 1. The fraction of sp³-hybridized carbons (Fsp3) is 0.312. The van der Waals surface area contributed by atoms with E-state index in [-0.39, 0.29) is 0 Å². The molecule has 0 aromatic heterocycles. The van der Waals surface area contributed by atoms with Crippen LogP contribution < -0.4 is 4.90 Å². The zero-order valence-electron chi connectivity index (χ0n) is 13.4. The molecule has 1 aromatic rings. The molecular weight excluding hydrogens is 294 g/mol. The van der Waals surface area contributed by atoms with Crippen LogP contribution in [0, 0.1) is 0 Å². The third-order valence-electron chi connectivity index (χ3n) is 3.59. The van der Waals surface area contributed by atoms with Gasteiger partial charge in [-0.3, -0.25) is 0 Å². The Bertz CT molecular complexity index is 683. The highest BCUT2D eigenvalue weighted by atomic mass is 16.6. The van der Waals surface area contributed by atoms with Gasteiger partial charge in [-0.2, -0.15) is 5.01 Å². The molecule has 2 heterocycles. The summed E-state index contributed by atoms with van der Waals surface area (Å²) in [7, 11) is 1.93. The predicted molar refractivity (Wildman–Crippen MR) is 89.0 cm³/mol. The number of nitrogens with zero attached hydrogens (tertiary/aromatic N) is 5. The first-order valence-corrected chi connectivity index (χ1v) is 7.46. The van der Waals surface area contributed by atoms with Crippen molar-refractivity contribution in [1.82, 2.24) is 10.0 Å². The van der Waals surface area contributed by atoms with Crippen LogP contribution in [0.1, 0.15) is 13.8 Å². The minimum Gasteiger partial charge on any atom is -0.448 e. The maximum atomic E-state index is 12.2. The summed E-state index contributed by atoms with van der Waals surface area (Å²) in [6.45, 7) is 3.93. The Morgan fingerprint density at radius 1 is 1.35 bits per heavy atom. The van der Waals surface area contributed by atoms with Crippen LogP contribution in [0.25, 0.3) is 0 Å². The van der Waals surface area contributed by atoms with Crippen LogP contribution in [-0.4, -0.2) is 47.7 Å². The molecule has 1 aromatic carbocycles. The van der Waals surface area contributed by atoms with Gasteiger partial charge in [0.15, 0.2) is 5.84 Å². The van der Waals surface area contributed by atoms with E-state index in [1.54, 1.807) is 24.2 Å². The number of hydrogen-bond donors (Lipinski definition) is 0. The molecule has 0 radical (unpaired) electrons. The van der Waals surface area contributed by atoms with Crippen molar-refractivity contribution in [2.24, 2.45) is 9.98 Å². The maximum Gasteiger partial charge on any atom is 0.433 e. The third kappa shape index (κ3) is 2.77. The highest BCUT2D eigenvalue weighted by Crippen LogP contribution is 2.26. The molecule has 23 heavy (non-hydrogen) atoms. The van der Waals surface area contributed by atoms with Crippen LogP contribution in [0.3, 0.4) is 0 Å². The summed E-state index contributed by atoms with van der Waals surface area (Å²) in [5.74, 6) is 1.33. The summed E-state index contributed by atoms with van der Waals surface area (Å²) in [5.41, 5.74) is 0.992. The van der Waals surface area contributed by atoms with Gasteiger partial charge in [0.05, 0.1) is 6.61 Å². The summed E-state index contributed by atoms with van der Waals surface area (Å²) in [4.78, 5) is 23.1. The van der Waals surface area contributed by atoms with Crippen LogP contribution >= 0.6 is 0 Å². The van der Waals surface area contributed by atoms with Gasteiger partial charge in [0.25, 0.3) is 0 Å². The number of rotatable bonds is 3. The van der Waals surface area contributed by atoms with Crippen molar-refractivity contribution >= 4 is 23.5 Å². The summed E-state index contributed by atoms with van der Waals surface area (Å²) < 4.78 is 5.11. The maximum absolute atomic E-state index is 12.2. The lowest BCUT2D eigenvalue weighted by Gasteiger charge is -2.40. The Hall–Kier alpha value is -2.83. The quantitative estimate of drug-likeness (QED) is 0.860. The molecule has 0 N–H and O–H groups in total. The molecule has 1 unspecified atom stereocenters. The van der Waals surface area contributed by atoms with Crippen molar-refractivity contribution in [2.75, 3.05) is 18.6 Å². The Labute approximate surface area is 135 Å². The van der Waals surface area contributed by atoms with Gasteiger partial charge in [0.1, 0.15) is 5.84 Å². The molecule has 0 spiro atoms. The molecule has 3 rings (SSSR count). The molecule has 7 heteroatoms. The Kier molecular flexibility index (Phi) is 4.01. The molecule has 2 aliphatic heterocycles. The zero-order valence-corrected chi connectivity index (χ0v) is 13.4. The minimum atomic E-state index is -0.449. The average Bonchev–Trinajstić information content (AvgIpc) is 2.98. The van der Waals surface area contributed by atoms with Crippen LogP contribution in [0.2, 0.25) is 0 Å². The number of carbonyl (C=O) groups is 1. The lowest BCUT2D eigenvalue weighted by molar-refractivity contribution is 0.0421. The SMILES string of the molecule is CCOC(=O)N1C=CC2=NC(C)=NC(N(C)c3ccccc3)N21. The molecule has 2 aliphatic rings. The fourth-order valence-corrected chi connectivity index (χ4v) is 2.52. The highest BCUT2D eigenvalue weighted by Gasteiger charge is 2.38. The summed E-state index contributed by atoms with van der Waals surface area (Å²) in [5, 5.41) is 3.13. The van der Waals surface area contributed by atoms with Gasteiger partial charge in [0.2, 0.25) is 6.29 Å². The smallest absolute Gasteiger partial charge is 0.433 e. The Morgan fingerprint density at radius 3 is 2.78 bits per heavy atom. The lowest BCUT2D eigenvalue weighted by atomic mass is 10.3. The summed E-state index contributed by atoms with van der Waals surface area (Å²) in [6, 6.07) is 9.88. The van der Waals surface area contributed by atoms with Crippen LogP contribution in [0.15, 0.2) is 52.6 Å². The fourth-order valence-electron chi connectivity index (χ4n) is 2.52. The first-order chi connectivity index (χ1) is 11.1. The largest absolute Gasteiger partial charge is 0.448 e. The molecule has 0 aliphatic carbocycles. The number of aliphatic imine (C=N–C) groups is 2. The standard InChI is InChI=1S/C16H19N5O2/c1-4-23-16(22)20-11-10-14-17-12(2)18-15(21(14)20)19(3)13-8-6-5-7-9-13/h5-11,15H,4H2,1-3H3. The second kappa shape index (κ2) is 6.12. The van der Waals surface area contributed by atoms with Gasteiger partial charge in [0, 0.05) is 25.0 Å². The number of amides is 1. The number of hydrogen-bond acceptors (Lipinski definition) is 6. The Morgan fingerprint density at radius 2 is 2.09 bits per heavy atom. The van der Waals surface area contributed by atoms with Crippen molar-refractivity contribution in [3.05, 3.63) is 42.6 Å². The van der Waals surface area contributed by atoms with Crippen molar-refractivity contribution in [2.45, 2.75) is 20.1 Å². The topological polar surface area (TPSA) is 60.7 Å². The van der Waals surface area contributed by atoms with Gasteiger partial charge in [-0.05, 0) is 26.0 Å². The van der Waals surface area contributed by atoms with Crippen LogP contribution in [0.5, 0.6) is 0 Å². The van der Waals surface area contributed by atoms with Crippen molar-refractivity contribution in [1.29, 1.82) is 0 Å². The second-order valence-electron chi connectivity index (χ2n) is 5.14. The van der Waals surface area contributed by atoms with E-state index in [2.05, 4.69) is 9.98 Å². The number of fused-ring (bicyclic) bond motifs is 1. The van der Waals surface area contributed by atoms with Crippen molar-refractivity contribution in [3.63, 3.8) is 0 Å². The van der Waals surface area contributed by atoms with Crippen molar-refractivity contribution < 1.29 is 9.53 Å². The molecule has 120 valence electrons. The third-order valence-corrected chi connectivity index (χ3v) is 3.59. The molecule has 0 bridgehead atoms. The van der Waals surface area contributed by atoms with E-state index in [0.717, 1.165) is 5.69 Å². The minimum absolute atomic E-state index is 0.310. The van der Waals surface area contributed by atoms with Crippen LogP contribution in [0.4, 0.5) is 10.5 Å². The van der Waals surface area contributed by atoms with E-state index in [4.69, 9.17) is 4.74 Å². The molecule has 0 saturated carbocycles. The van der Waals surface area contributed by atoms with E-state index in [1.807, 2.05) is 49.2 Å². The molecule has 7 nitrogen and oxygen atoms in total. The van der Waals surface area contributed by atoms with E-state index >= 15 is 0 Å². The number of ether oxygens (including phenoxy) is 1. The summed E-state index contributed by atoms with van der Waals surface area (Å²) in [6.07, 6.45) is 2.57. The number of amidine groups is 2. The normalized spacial score (nSPS) is 19.2. The summed E-state index contributed by atoms with van der Waals surface area (Å²) >= 11 is 0. The van der Waals surface area contributed by atoms with Gasteiger partial charge in [-0.1, -0.05) is 18.2 Å². The lowest BCUT2D eigenvalue weighted by Crippen LogP contribution is -2.56. The number of carbonyl (C=O) groups excluding carboxylic acids is 1. The van der Waals surface area contributed by atoms with Gasteiger partial charge in [-0.25, -0.2) is 19.8 Å². The average molecular weight is 313 g/mol. The van der Waals surface area contributed by atoms with Gasteiger partial charge < -0.3 is 9.64 Å². The van der Waals surface area contributed by atoms with E-state index < -0.39 is 12.4 Å². The number of hydrazine groups is 1. The molecule has 1 amide bonds. The molecule has 0 saturated heterocycles. The van der Waals surface area contributed by atoms with Gasteiger partial charge >= 0.3 is 6.09 Å². The molecule has 1 atom stereocenters.